The van der Waals surface area contributed by atoms with Crippen LogP contribution >= 0.6 is 0 Å². The van der Waals surface area contributed by atoms with Crippen molar-refractivity contribution in [3.63, 3.8) is 0 Å². The first kappa shape index (κ1) is 12.0. The van der Waals surface area contributed by atoms with E-state index in [-0.39, 0.29) is 5.91 Å². The summed E-state index contributed by atoms with van der Waals surface area (Å²) >= 11 is 0. The first-order chi connectivity index (χ1) is 8.13. The van der Waals surface area contributed by atoms with Crippen molar-refractivity contribution in [2.24, 2.45) is 13.0 Å². The van der Waals surface area contributed by atoms with Gasteiger partial charge in [0.1, 0.15) is 11.4 Å². The van der Waals surface area contributed by atoms with Crippen molar-refractivity contribution in [3.05, 3.63) is 11.8 Å². The molecule has 2 N–H and O–H groups in total. The van der Waals surface area contributed by atoms with Crippen LogP contribution in [0, 0.1) is 5.92 Å². The number of hydrogen-bond donors (Lipinski definition) is 1. The van der Waals surface area contributed by atoms with Gasteiger partial charge in [-0.1, -0.05) is 6.42 Å². The third kappa shape index (κ3) is 2.28. The highest BCUT2D eigenvalue weighted by molar-refractivity contribution is 5.98. The number of aryl methyl sites for hydroxylation is 1. The van der Waals surface area contributed by atoms with Crippen molar-refractivity contribution in [1.29, 1.82) is 0 Å². The van der Waals surface area contributed by atoms with E-state index in [1.807, 2.05) is 11.8 Å². The molecule has 0 atom stereocenters. The minimum atomic E-state index is 0.00463. The molecule has 94 valence electrons. The second kappa shape index (κ2) is 4.77. The number of hydrogen-bond acceptors (Lipinski definition) is 3. The van der Waals surface area contributed by atoms with Gasteiger partial charge in [0.05, 0.1) is 6.20 Å². The van der Waals surface area contributed by atoms with Crippen LogP contribution in [0.5, 0.6) is 0 Å². The summed E-state index contributed by atoms with van der Waals surface area (Å²) in [4.78, 5) is 14.2. The van der Waals surface area contributed by atoms with Gasteiger partial charge in [0.25, 0.3) is 5.91 Å². The van der Waals surface area contributed by atoms with E-state index >= 15 is 0 Å². The van der Waals surface area contributed by atoms with Gasteiger partial charge in [-0.3, -0.25) is 9.48 Å². The molecule has 2 rings (SSSR count). The van der Waals surface area contributed by atoms with Crippen molar-refractivity contribution in [2.45, 2.75) is 26.2 Å². The van der Waals surface area contributed by atoms with Crippen LogP contribution in [-0.4, -0.2) is 33.7 Å². The lowest BCUT2D eigenvalue weighted by Crippen LogP contribution is -2.37. The summed E-state index contributed by atoms with van der Waals surface area (Å²) in [5.74, 6) is 1.13. The summed E-state index contributed by atoms with van der Waals surface area (Å²) in [5, 5.41) is 4.01. The Kier molecular flexibility index (Phi) is 3.36. The molecule has 1 fully saturated rings. The number of nitrogens with two attached hydrogens (primary N) is 1. The lowest BCUT2D eigenvalue weighted by molar-refractivity contribution is 0.0707. The Balaban J connectivity index is 2.08. The predicted octanol–water partition coefficient (Wildman–Crippen LogP) is 1.26. The molecule has 1 amide bonds. The second-order valence-electron chi connectivity index (χ2n) is 4.71. The lowest BCUT2D eigenvalue weighted by atomic mass is 9.85. The summed E-state index contributed by atoms with van der Waals surface area (Å²) in [7, 11) is 1.74. The fraction of sp³-hybridized carbons (Fsp3) is 0.667. The minimum absolute atomic E-state index is 0.00463. The molecule has 17 heavy (non-hydrogen) atoms. The van der Waals surface area contributed by atoms with E-state index in [4.69, 9.17) is 5.73 Å². The molecule has 1 heterocycles. The number of amides is 1. The summed E-state index contributed by atoms with van der Waals surface area (Å²) < 4.78 is 1.53. The molecule has 1 saturated carbocycles. The van der Waals surface area contributed by atoms with Crippen LogP contribution in [0.1, 0.15) is 36.5 Å². The van der Waals surface area contributed by atoms with Gasteiger partial charge < -0.3 is 10.6 Å². The van der Waals surface area contributed by atoms with Crippen LogP contribution in [0.4, 0.5) is 5.82 Å². The number of carbonyl (C=O) groups is 1. The van der Waals surface area contributed by atoms with Gasteiger partial charge in [0.2, 0.25) is 0 Å². The van der Waals surface area contributed by atoms with Crippen molar-refractivity contribution in [2.75, 3.05) is 18.8 Å². The number of rotatable bonds is 4. The van der Waals surface area contributed by atoms with E-state index < -0.39 is 0 Å². The number of nitrogens with zero attached hydrogens (tertiary/aromatic N) is 3. The van der Waals surface area contributed by atoms with Crippen molar-refractivity contribution in [1.82, 2.24) is 14.7 Å². The van der Waals surface area contributed by atoms with Crippen LogP contribution in [0.3, 0.4) is 0 Å². The van der Waals surface area contributed by atoms with Crippen LogP contribution in [0.2, 0.25) is 0 Å². The molecule has 0 bridgehead atoms. The van der Waals surface area contributed by atoms with Gasteiger partial charge in [-0.05, 0) is 25.7 Å². The molecule has 1 aromatic heterocycles. The van der Waals surface area contributed by atoms with Crippen LogP contribution < -0.4 is 5.73 Å². The number of aromatic nitrogens is 2. The van der Waals surface area contributed by atoms with E-state index in [0.717, 1.165) is 13.1 Å². The summed E-state index contributed by atoms with van der Waals surface area (Å²) in [6.07, 6.45) is 5.34. The quantitative estimate of drug-likeness (QED) is 0.856. The maximum atomic E-state index is 12.3. The second-order valence-corrected chi connectivity index (χ2v) is 4.71. The number of carbonyl (C=O) groups excluding carboxylic acids is 1. The topological polar surface area (TPSA) is 64.2 Å². The standard InChI is InChI=1S/C12H20N4O/c1-3-16(8-9-5-4-6-9)12(17)10-7-14-15(2)11(10)13/h7,9H,3-6,8,13H2,1-2H3. The van der Waals surface area contributed by atoms with E-state index in [1.165, 1.54) is 23.9 Å². The largest absolute Gasteiger partial charge is 0.383 e. The molecule has 5 heteroatoms. The van der Waals surface area contributed by atoms with Crippen molar-refractivity contribution in [3.8, 4) is 0 Å². The Morgan fingerprint density at radius 3 is 2.76 bits per heavy atom. The molecule has 1 aromatic rings. The van der Waals surface area contributed by atoms with Gasteiger partial charge in [-0.2, -0.15) is 5.10 Å². The lowest BCUT2D eigenvalue weighted by Gasteiger charge is -2.31. The molecule has 0 aromatic carbocycles. The summed E-state index contributed by atoms with van der Waals surface area (Å²) in [6.45, 7) is 3.58. The zero-order chi connectivity index (χ0) is 12.4. The molecule has 0 saturated heterocycles. The average Bonchev–Trinajstić information content (AvgIpc) is 2.58. The average molecular weight is 236 g/mol. The number of nitrogen functional groups attached to an aromatic ring is 1. The van der Waals surface area contributed by atoms with Gasteiger partial charge in [0.15, 0.2) is 0 Å². The van der Waals surface area contributed by atoms with E-state index in [0.29, 0.717) is 17.3 Å². The van der Waals surface area contributed by atoms with Crippen LogP contribution in [0.15, 0.2) is 6.20 Å². The van der Waals surface area contributed by atoms with Gasteiger partial charge in [0, 0.05) is 20.1 Å². The molecule has 1 aliphatic carbocycles. The first-order valence-corrected chi connectivity index (χ1v) is 6.20. The highest BCUT2D eigenvalue weighted by Crippen LogP contribution is 2.27. The zero-order valence-corrected chi connectivity index (χ0v) is 10.5. The fourth-order valence-electron chi connectivity index (χ4n) is 2.12. The predicted molar refractivity (Wildman–Crippen MR) is 66.5 cm³/mol. The molecular weight excluding hydrogens is 216 g/mol. The molecule has 1 aliphatic rings. The Bertz CT molecular complexity index is 409. The third-order valence-corrected chi connectivity index (χ3v) is 3.59. The molecule has 0 unspecified atom stereocenters. The maximum absolute atomic E-state index is 12.3. The highest BCUT2D eigenvalue weighted by Gasteiger charge is 2.25. The normalized spacial score (nSPS) is 15.6. The molecule has 5 nitrogen and oxygen atoms in total. The zero-order valence-electron chi connectivity index (χ0n) is 10.5. The Labute approximate surface area is 102 Å². The molecule has 0 spiro atoms. The smallest absolute Gasteiger partial charge is 0.259 e. The monoisotopic (exact) mass is 236 g/mol. The summed E-state index contributed by atoms with van der Waals surface area (Å²) in [6, 6.07) is 0. The Morgan fingerprint density at radius 1 is 1.65 bits per heavy atom. The minimum Gasteiger partial charge on any atom is -0.383 e. The van der Waals surface area contributed by atoms with E-state index in [1.54, 1.807) is 13.2 Å². The van der Waals surface area contributed by atoms with E-state index in [9.17, 15) is 4.79 Å². The van der Waals surface area contributed by atoms with Gasteiger partial charge >= 0.3 is 0 Å². The Hall–Kier alpha value is -1.52. The molecule has 0 aliphatic heterocycles. The molecular formula is C12H20N4O. The first-order valence-electron chi connectivity index (χ1n) is 6.20. The highest BCUT2D eigenvalue weighted by atomic mass is 16.2. The maximum Gasteiger partial charge on any atom is 0.259 e. The Morgan fingerprint density at radius 2 is 2.35 bits per heavy atom. The van der Waals surface area contributed by atoms with Gasteiger partial charge in [-0.15, -0.1) is 0 Å². The number of anilines is 1. The third-order valence-electron chi connectivity index (χ3n) is 3.59. The summed E-state index contributed by atoms with van der Waals surface area (Å²) in [5.41, 5.74) is 6.35. The van der Waals surface area contributed by atoms with Gasteiger partial charge in [-0.25, -0.2) is 0 Å². The molecule has 0 radical (unpaired) electrons. The van der Waals surface area contributed by atoms with E-state index in [2.05, 4.69) is 5.10 Å². The van der Waals surface area contributed by atoms with Crippen molar-refractivity contribution < 1.29 is 4.79 Å². The SMILES string of the molecule is CCN(CC1CCC1)C(=O)c1cnn(C)c1N. The van der Waals surface area contributed by atoms with Crippen LogP contribution in [0.25, 0.3) is 0 Å². The van der Waals surface area contributed by atoms with Crippen molar-refractivity contribution >= 4 is 11.7 Å². The van der Waals surface area contributed by atoms with Crippen LogP contribution in [-0.2, 0) is 7.05 Å². The fourth-order valence-corrected chi connectivity index (χ4v) is 2.12.